The number of hydrazone groups is 1. The minimum Gasteiger partial charge on any atom is -0.493 e. The minimum absolute atomic E-state index is 0.00949. The van der Waals surface area contributed by atoms with Crippen LogP contribution in [0.1, 0.15) is 19.4 Å². The van der Waals surface area contributed by atoms with Gasteiger partial charge in [-0.1, -0.05) is 15.9 Å². The molecule has 0 radical (unpaired) electrons. The zero-order chi connectivity index (χ0) is 18.7. The second-order valence-corrected chi connectivity index (χ2v) is 6.24. The van der Waals surface area contributed by atoms with E-state index in [4.69, 9.17) is 21.7 Å². The summed E-state index contributed by atoms with van der Waals surface area (Å²) in [7, 11) is 1.43. The first-order valence-electron chi connectivity index (χ1n) is 6.99. The highest BCUT2D eigenvalue weighted by Gasteiger charge is 2.35. The predicted molar refractivity (Wildman–Crippen MR) is 96.4 cm³/mol. The van der Waals surface area contributed by atoms with Gasteiger partial charge in [0.25, 0.3) is 5.91 Å². The zero-order valence-electron chi connectivity index (χ0n) is 13.6. The third-order valence-corrected chi connectivity index (χ3v) is 4.00. The van der Waals surface area contributed by atoms with Crippen LogP contribution in [0, 0.1) is 0 Å². The molecule has 8 nitrogen and oxygen atoms in total. The number of carbonyl (C=O) groups excluding carboxylic acids is 3. The van der Waals surface area contributed by atoms with Gasteiger partial charge in [-0.05, 0) is 24.4 Å². The molecule has 25 heavy (non-hydrogen) atoms. The van der Waals surface area contributed by atoms with Crippen LogP contribution in [0.3, 0.4) is 0 Å². The number of halogens is 1. The van der Waals surface area contributed by atoms with E-state index in [2.05, 4.69) is 21.0 Å². The Morgan fingerprint density at radius 1 is 1.36 bits per heavy atom. The van der Waals surface area contributed by atoms with Crippen molar-refractivity contribution in [1.29, 1.82) is 0 Å². The highest BCUT2D eigenvalue weighted by molar-refractivity contribution is 9.10. The van der Waals surface area contributed by atoms with E-state index in [9.17, 15) is 14.4 Å². The molecule has 0 atom stereocenters. The quantitative estimate of drug-likeness (QED) is 0.314. The number of benzene rings is 1. The molecule has 10 heteroatoms. The normalized spacial score (nSPS) is 14.4. The van der Waals surface area contributed by atoms with Gasteiger partial charge in [0, 0.05) is 23.9 Å². The van der Waals surface area contributed by atoms with E-state index in [1.165, 1.54) is 27.2 Å². The zero-order valence-corrected chi connectivity index (χ0v) is 16.0. The molecule has 1 aromatic rings. The second-order valence-electron chi connectivity index (χ2n) is 4.96. The van der Waals surface area contributed by atoms with E-state index in [0.717, 1.165) is 9.91 Å². The molecule has 2 rings (SSSR count). The van der Waals surface area contributed by atoms with Crippen molar-refractivity contribution < 1.29 is 23.9 Å². The van der Waals surface area contributed by atoms with Crippen molar-refractivity contribution in [1.82, 2.24) is 9.91 Å². The average molecular weight is 428 g/mol. The van der Waals surface area contributed by atoms with E-state index in [0.29, 0.717) is 15.8 Å². The fraction of sp³-hybridized carbons (Fsp3) is 0.267. The van der Waals surface area contributed by atoms with E-state index in [1.807, 2.05) is 0 Å². The molecule has 1 aromatic carbocycles. The van der Waals surface area contributed by atoms with Gasteiger partial charge in [0.05, 0.1) is 13.3 Å². The fourth-order valence-electron chi connectivity index (χ4n) is 2.06. The number of amides is 2. The molecule has 2 amide bonds. The molecular formula is C15H14BrN3O5S. The maximum atomic E-state index is 12.0. The second kappa shape index (κ2) is 7.70. The molecule has 0 aliphatic carbocycles. The Morgan fingerprint density at radius 3 is 2.56 bits per heavy atom. The third-order valence-electron chi connectivity index (χ3n) is 3.15. The summed E-state index contributed by atoms with van der Waals surface area (Å²) < 4.78 is 11.0. The maximum Gasteiger partial charge on any atom is 0.308 e. The van der Waals surface area contributed by atoms with Gasteiger partial charge in [-0.15, -0.1) is 0 Å². The predicted octanol–water partition coefficient (Wildman–Crippen LogP) is 1.69. The lowest BCUT2D eigenvalue weighted by Crippen LogP contribution is -2.32. The van der Waals surface area contributed by atoms with Crippen molar-refractivity contribution in [3.05, 3.63) is 22.2 Å². The minimum atomic E-state index is -0.536. The molecule has 1 fully saturated rings. The van der Waals surface area contributed by atoms with Crippen LogP contribution in [0.15, 0.2) is 21.7 Å². The summed E-state index contributed by atoms with van der Waals surface area (Å²) in [6.07, 6.45) is 1.30. The molecule has 132 valence electrons. The van der Waals surface area contributed by atoms with Crippen molar-refractivity contribution in [2.24, 2.45) is 5.10 Å². The van der Waals surface area contributed by atoms with Crippen LogP contribution in [-0.2, 0) is 14.4 Å². The molecule has 0 N–H and O–H groups in total. The van der Waals surface area contributed by atoms with Crippen LogP contribution < -0.4 is 9.47 Å². The number of methoxy groups -OCH3 is 1. The van der Waals surface area contributed by atoms with E-state index >= 15 is 0 Å². The summed E-state index contributed by atoms with van der Waals surface area (Å²) in [6.45, 7) is 2.40. The number of nitrogens with zero attached hydrogens (tertiary/aromatic N) is 3. The van der Waals surface area contributed by atoms with Gasteiger partial charge in [-0.2, -0.15) is 10.1 Å². The Kier molecular flexibility index (Phi) is 5.85. The topological polar surface area (TPSA) is 88.5 Å². The van der Waals surface area contributed by atoms with Crippen LogP contribution in [-0.4, -0.2) is 52.7 Å². The fourth-order valence-corrected chi connectivity index (χ4v) is 2.86. The highest BCUT2D eigenvalue weighted by Crippen LogP contribution is 2.34. The Bertz CT molecular complexity index is 796. The van der Waals surface area contributed by atoms with Gasteiger partial charge in [0.2, 0.25) is 11.0 Å². The van der Waals surface area contributed by atoms with Crippen molar-refractivity contribution in [3.63, 3.8) is 0 Å². The molecule has 1 saturated heterocycles. The lowest BCUT2D eigenvalue weighted by molar-refractivity contribution is -0.132. The van der Waals surface area contributed by atoms with Crippen LogP contribution in [0.2, 0.25) is 0 Å². The number of hydrogen-bond acceptors (Lipinski definition) is 7. The van der Waals surface area contributed by atoms with Crippen LogP contribution in [0.4, 0.5) is 0 Å². The maximum absolute atomic E-state index is 12.0. The van der Waals surface area contributed by atoms with Crippen molar-refractivity contribution in [2.75, 3.05) is 13.7 Å². The molecule has 1 aliphatic rings. The van der Waals surface area contributed by atoms with Gasteiger partial charge in [-0.25, -0.2) is 0 Å². The van der Waals surface area contributed by atoms with Crippen LogP contribution >= 0.6 is 28.1 Å². The number of carbonyl (C=O) groups is 3. The lowest BCUT2D eigenvalue weighted by atomic mass is 10.2. The van der Waals surface area contributed by atoms with Gasteiger partial charge in [0.15, 0.2) is 11.5 Å². The van der Waals surface area contributed by atoms with Gasteiger partial charge >= 0.3 is 5.97 Å². The smallest absolute Gasteiger partial charge is 0.308 e. The first kappa shape index (κ1) is 19.0. The number of thiocarbonyl (C=S) groups is 1. The average Bonchev–Trinajstić information content (AvgIpc) is 2.81. The number of hydrogen-bond donors (Lipinski definition) is 0. The summed E-state index contributed by atoms with van der Waals surface area (Å²) in [4.78, 5) is 35.9. The Labute approximate surface area is 157 Å². The van der Waals surface area contributed by atoms with Crippen molar-refractivity contribution >= 4 is 57.3 Å². The Hall–Kier alpha value is -2.33. The molecule has 0 unspecified atom stereocenters. The van der Waals surface area contributed by atoms with Crippen molar-refractivity contribution in [2.45, 2.75) is 13.8 Å². The summed E-state index contributed by atoms with van der Waals surface area (Å²) in [5.74, 6) is -0.853. The molecule has 0 aromatic heterocycles. The molecule has 0 saturated carbocycles. The molecule has 0 bridgehead atoms. The first-order valence-corrected chi connectivity index (χ1v) is 8.19. The largest absolute Gasteiger partial charge is 0.493 e. The first-order chi connectivity index (χ1) is 11.7. The third kappa shape index (κ3) is 4.20. The van der Waals surface area contributed by atoms with Crippen molar-refractivity contribution in [3.8, 4) is 11.5 Å². The van der Waals surface area contributed by atoms with E-state index in [-0.39, 0.29) is 23.3 Å². The molecule has 1 heterocycles. The van der Waals surface area contributed by atoms with Crippen LogP contribution in [0.5, 0.6) is 11.5 Å². The van der Waals surface area contributed by atoms with Gasteiger partial charge in [0.1, 0.15) is 6.54 Å². The summed E-state index contributed by atoms with van der Waals surface area (Å²) in [5.41, 5.74) is 0.387. The van der Waals surface area contributed by atoms with Gasteiger partial charge in [-0.3, -0.25) is 19.3 Å². The summed E-state index contributed by atoms with van der Waals surface area (Å²) in [5, 5.41) is 4.97. The van der Waals surface area contributed by atoms with E-state index < -0.39 is 11.9 Å². The van der Waals surface area contributed by atoms with Crippen LogP contribution in [0.25, 0.3) is 0 Å². The summed E-state index contributed by atoms with van der Waals surface area (Å²) >= 11 is 8.40. The Balaban J connectivity index is 2.39. The Morgan fingerprint density at radius 2 is 2.04 bits per heavy atom. The van der Waals surface area contributed by atoms with Gasteiger partial charge < -0.3 is 9.47 Å². The standard InChI is InChI=1S/C15H14BrN3O5S/c1-8(20)18-7-13(22)19(15(18)25)17-6-10-4-11(16)5-12(23-3)14(10)24-9(2)21/h4-6H,7H2,1-3H3. The monoisotopic (exact) mass is 427 g/mol. The molecular weight excluding hydrogens is 414 g/mol. The summed E-state index contributed by atoms with van der Waals surface area (Å²) in [6, 6.07) is 3.26. The SMILES string of the molecule is COc1cc(Br)cc(C=NN2C(=O)CN(C(C)=O)C2=S)c1OC(C)=O. The molecule has 1 aliphatic heterocycles. The molecule has 0 spiro atoms. The number of ether oxygens (including phenoxy) is 2. The van der Waals surface area contributed by atoms with E-state index in [1.54, 1.807) is 12.1 Å². The number of esters is 1. The highest BCUT2D eigenvalue weighted by atomic mass is 79.9. The number of rotatable bonds is 4. The lowest BCUT2D eigenvalue weighted by Gasteiger charge is -2.14.